The van der Waals surface area contributed by atoms with Gasteiger partial charge in [-0.1, -0.05) is 29.3 Å². The minimum Gasteiger partial charge on any atom is -2.00 e. The van der Waals surface area contributed by atoms with Gasteiger partial charge in [0.1, 0.15) is 0 Å². The molecule has 210 valence electrons. The monoisotopic (exact) mass is 684 g/mol. The van der Waals surface area contributed by atoms with Gasteiger partial charge in [0.25, 0.3) is 5.91 Å². The maximum absolute atomic E-state index is 13.5. The number of likely N-dealkylation sites (N-methyl/N-ethyl adjacent to an activating group) is 1. The van der Waals surface area contributed by atoms with Crippen LogP contribution in [-0.4, -0.2) is 97.1 Å². The van der Waals surface area contributed by atoms with E-state index in [-0.39, 0.29) is 50.0 Å². The molecule has 0 saturated carbocycles. The normalized spacial score (nSPS) is 19.4. The van der Waals surface area contributed by atoms with E-state index >= 15 is 0 Å². The van der Waals surface area contributed by atoms with Crippen LogP contribution in [0, 0.1) is 0 Å². The van der Waals surface area contributed by atoms with Crippen molar-refractivity contribution < 1.29 is 40.3 Å². The van der Waals surface area contributed by atoms with Gasteiger partial charge in [-0.15, -0.1) is 0 Å². The zero-order valence-electron chi connectivity index (χ0n) is 21.5. The van der Waals surface area contributed by atoms with Gasteiger partial charge in [0.2, 0.25) is 0 Å². The van der Waals surface area contributed by atoms with Gasteiger partial charge in [-0.05, 0) is 67.9 Å². The standard InChI is InChI=1S/C25H36Cl2N4O3S2.O.Tc/c1-29(34-2)25(33)24-19(17-4-6-20(26)21(27)14-17)15-18-5-7-22(24)31(18)10-3-9-30(11-13-36)16-23(32)28-8-12-35;;/h4,6,14,18,22,35-36H,3,5,7-13,15-16H2,1-2H3,(H,28,32);;/q;-2;+5/p-3. The molecule has 0 N–H and O–H groups in total. The summed E-state index contributed by atoms with van der Waals surface area (Å²) in [5.74, 6) is 0.712. The first-order valence-electron chi connectivity index (χ1n) is 12.2. The number of fused-ring (bicyclic) bond motifs is 2. The molecule has 8 nitrogen and oxygen atoms in total. The van der Waals surface area contributed by atoms with Gasteiger partial charge in [-0.25, -0.2) is 5.06 Å². The molecule has 2 heterocycles. The van der Waals surface area contributed by atoms with E-state index in [9.17, 15) is 9.90 Å². The van der Waals surface area contributed by atoms with Crippen LogP contribution in [0.1, 0.15) is 31.2 Å². The summed E-state index contributed by atoms with van der Waals surface area (Å²) < 4.78 is 0. The largest absolute Gasteiger partial charge is 5.00 e. The first kappa shape index (κ1) is 35.7. The summed E-state index contributed by atoms with van der Waals surface area (Å²) >= 11 is 22.5. The van der Waals surface area contributed by atoms with Crippen LogP contribution in [0.3, 0.4) is 0 Å². The second-order valence-corrected chi connectivity index (χ2v) is 10.6. The van der Waals surface area contributed by atoms with E-state index < -0.39 is 0 Å². The van der Waals surface area contributed by atoms with Gasteiger partial charge in [0, 0.05) is 44.3 Å². The molecule has 2 aliphatic heterocycles. The molecule has 2 aliphatic rings. The molecule has 0 aliphatic carbocycles. The number of aliphatic imine (C=N–C) groups is 1. The Morgan fingerprint density at radius 2 is 1.95 bits per heavy atom. The smallest absolute Gasteiger partial charge is 2.00 e. The van der Waals surface area contributed by atoms with Crippen LogP contribution in [0.5, 0.6) is 0 Å². The van der Waals surface area contributed by atoms with Crippen molar-refractivity contribution in [1.29, 1.82) is 0 Å². The summed E-state index contributed by atoms with van der Waals surface area (Å²) in [5, 5.41) is 14.4. The Kier molecular flexibility index (Phi) is 16.4. The minimum absolute atomic E-state index is 0. The summed E-state index contributed by atoms with van der Waals surface area (Å²) in [6.07, 6.45) is 3.53. The first-order valence-corrected chi connectivity index (χ1v) is 14.1. The van der Waals surface area contributed by atoms with Gasteiger partial charge in [-0.2, -0.15) is 11.5 Å². The van der Waals surface area contributed by atoms with Crippen molar-refractivity contribution in [3.8, 4) is 0 Å². The minimum atomic E-state index is -0.147. The predicted octanol–water partition coefficient (Wildman–Crippen LogP) is 2.43. The summed E-state index contributed by atoms with van der Waals surface area (Å²) in [4.78, 5) is 27.2. The molecule has 13 heteroatoms. The number of amides is 1. The van der Waals surface area contributed by atoms with Crippen molar-refractivity contribution in [2.24, 2.45) is 4.99 Å². The number of hydrogen-bond donors (Lipinski definition) is 0. The average Bonchev–Trinajstić information content (AvgIpc) is 3.14. The van der Waals surface area contributed by atoms with Gasteiger partial charge < -0.3 is 45.7 Å². The summed E-state index contributed by atoms with van der Waals surface area (Å²) in [6, 6.07) is 5.88. The molecule has 2 unspecified atom stereocenters. The van der Waals surface area contributed by atoms with Crippen molar-refractivity contribution >= 4 is 65.8 Å². The molecular weight excluding hydrogens is 653 g/mol. The molecule has 1 aromatic carbocycles. The predicted molar refractivity (Wildman–Crippen MR) is 150 cm³/mol. The summed E-state index contributed by atoms with van der Waals surface area (Å²) in [6.45, 7) is 2.88. The molecule has 0 spiro atoms. The molecule has 2 bridgehead atoms. The van der Waals surface area contributed by atoms with Gasteiger partial charge in [0.15, 0.2) is 0 Å². The Morgan fingerprint density at radius 1 is 1.21 bits per heavy atom. The Hall–Kier alpha value is -0.331. The maximum atomic E-state index is 13.5. The van der Waals surface area contributed by atoms with Crippen LogP contribution in [-0.2, 0) is 60.5 Å². The second kappa shape index (κ2) is 17.5. The molecular formula is C25H33Cl2N4O4S2Tc. The van der Waals surface area contributed by atoms with Crippen LogP contribution >= 0.6 is 23.2 Å². The Bertz CT molecular complexity index is 989. The van der Waals surface area contributed by atoms with E-state index in [1.807, 2.05) is 12.1 Å². The molecule has 0 aromatic heterocycles. The third-order valence-corrected chi connectivity index (χ3v) is 7.94. The quantitative estimate of drug-likeness (QED) is 0.136. The Balaban J connectivity index is 0.00000361. The van der Waals surface area contributed by atoms with E-state index in [4.69, 9.17) is 53.3 Å². The van der Waals surface area contributed by atoms with Gasteiger partial charge >= 0.3 is 20.1 Å². The third-order valence-electron chi connectivity index (χ3n) is 6.84. The van der Waals surface area contributed by atoms with Crippen LogP contribution in [0.25, 0.3) is 5.57 Å². The van der Waals surface area contributed by atoms with E-state index in [1.165, 1.54) is 12.2 Å². The topological polar surface area (TPSA) is 99.9 Å². The second-order valence-electron chi connectivity index (χ2n) is 9.01. The fourth-order valence-corrected chi connectivity index (χ4v) is 5.77. The number of carbonyl (C=O) groups is 1. The molecule has 3 rings (SSSR count). The Morgan fingerprint density at radius 3 is 2.58 bits per heavy atom. The molecule has 0 radical (unpaired) electrons. The molecule has 2 atom stereocenters. The average molecular weight is 687 g/mol. The van der Waals surface area contributed by atoms with E-state index in [0.717, 1.165) is 55.5 Å². The van der Waals surface area contributed by atoms with E-state index in [2.05, 4.69) is 14.8 Å². The fraction of sp³-hybridized carbons (Fsp3) is 0.600. The van der Waals surface area contributed by atoms with Crippen molar-refractivity contribution in [2.75, 3.05) is 58.4 Å². The Labute approximate surface area is 260 Å². The zero-order chi connectivity index (χ0) is 26.2. The zero-order valence-corrected chi connectivity index (χ0v) is 26.5. The fourth-order valence-electron chi connectivity index (χ4n) is 5.12. The third kappa shape index (κ3) is 9.09. The summed E-state index contributed by atoms with van der Waals surface area (Å²) in [7, 11) is 3.12. The number of nitrogens with zero attached hydrogens (tertiary/aromatic N) is 4. The number of hydrogen-bond acceptors (Lipinski definition) is 8. The molecule has 1 saturated heterocycles. The number of rotatable bonds is 13. The number of halogens is 2. The van der Waals surface area contributed by atoms with Gasteiger partial charge in [0.05, 0.1) is 17.2 Å². The van der Waals surface area contributed by atoms with E-state index in [0.29, 0.717) is 40.7 Å². The molecule has 1 fully saturated rings. The van der Waals surface area contributed by atoms with Crippen molar-refractivity contribution in [3.63, 3.8) is 0 Å². The number of benzene rings is 1. The molecule has 1 amide bonds. The van der Waals surface area contributed by atoms with E-state index in [1.54, 1.807) is 13.1 Å². The van der Waals surface area contributed by atoms with Crippen LogP contribution < -0.4 is 5.11 Å². The van der Waals surface area contributed by atoms with Crippen molar-refractivity contribution in [2.45, 2.75) is 37.8 Å². The molecule has 38 heavy (non-hydrogen) atoms. The van der Waals surface area contributed by atoms with Crippen LogP contribution in [0.15, 0.2) is 28.8 Å². The van der Waals surface area contributed by atoms with Crippen molar-refractivity contribution in [3.05, 3.63) is 39.4 Å². The van der Waals surface area contributed by atoms with Crippen LogP contribution in [0.4, 0.5) is 0 Å². The van der Waals surface area contributed by atoms with Crippen molar-refractivity contribution in [1.82, 2.24) is 14.9 Å². The first-order chi connectivity index (χ1) is 17.3. The van der Waals surface area contributed by atoms with Crippen LogP contribution in [0.2, 0.25) is 10.0 Å². The number of hydroxylamine groups is 2. The molecule has 1 aromatic rings. The summed E-state index contributed by atoms with van der Waals surface area (Å²) in [5.41, 5.74) is 2.69. The SMILES string of the molecule is CON(C)C(=O)C1=C(c2ccc(Cl)c(Cl)c2)CC2CCC1N2CCCN(CC[S-])CC([O-])=NCC[S-].[O-2].[Tc+5]. The number of carbonyl (C=O) groups excluding carboxylic acids is 1. The van der Waals surface area contributed by atoms with Gasteiger partial charge in [-0.3, -0.25) is 14.5 Å². The maximum Gasteiger partial charge on any atom is 5.00 e.